The molecule has 14 heteroatoms. The largest absolute Gasteiger partial charge is 0.466 e. The lowest BCUT2D eigenvalue weighted by Gasteiger charge is -2.39. The first-order valence-electron chi connectivity index (χ1n) is 8.98. The van der Waals surface area contributed by atoms with Crippen LogP contribution in [0.15, 0.2) is 35.6 Å². The molecular weight excluding hydrogens is 456 g/mol. The summed E-state index contributed by atoms with van der Waals surface area (Å²) in [4.78, 5) is 5.27. The molecule has 0 aliphatic carbocycles. The molecule has 2 aromatic rings. The van der Waals surface area contributed by atoms with Crippen molar-refractivity contribution in [2.75, 3.05) is 13.7 Å². The van der Waals surface area contributed by atoms with E-state index in [4.69, 9.17) is 14.1 Å². The van der Waals surface area contributed by atoms with Gasteiger partial charge in [0.05, 0.1) is 12.1 Å². The van der Waals surface area contributed by atoms with E-state index >= 15 is 0 Å². The molecule has 12 nitrogen and oxygen atoms in total. The minimum atomic E-state index is -4.91. The van der Waals surface area contributed by atoms with Crippen LogP contribution >= 0.6 is 11.8 Å². The number of aromatic nitrogens is 1. The number of thioether (sulfide) groups is 1. The number of fused-ring (bicyclic) bond motifs is 1. The first-order chi connectivity index (χ1) is 14.6. The number of ether oxygens (including phenoxy) is 1. The van der Waals surface area contributed by atoms with Crippen molar-refractivity contribution in [3.63, 3.8) is 0 Å². The molecule has 1 saturated heterocycles. The minimum absolute atomic E-state index is 0.0217. The Morgan fingerprint density at radius 3 is 2.58 bits per heavy atom. The Hall–Kier alpha value is -1.91. The quantitative estimate of drug-likeness (QED) is 0.141. The zero-order valence-corrected chi connectivity index (χ0v) is 17.8. The molecule has 3 rings (SSSR count). The third kappa shape index (κ3) is 5.48. The molecular formula is C17H22N2O10S2. The number of aliphatic hydroxyl groups excluding tert-OH is 4. The highest BCUT2D eigenvalue weighted by Crippen LogP contribution is 2.31. The summed E-state index contributed by atoms with van der Waals surface area (Å²) in [6.07, 6.45) is -4.30. The number of aliphatic hydroxyl groups is 4. The lowest BCUT2D eigenvalue weighted by atomic mass is 10.0. The topological polar surface area (TPSA) is 180 Å². The van der Waals surface area contributed by atoms with Gasteiger partial charge in [-0.1, -0.05) is 35.1 Å². The van der Waals surface area contributed by atoms with Gasteiger partial charge in [-0.3, -0.25) is 4.55 Å². The highest BCUT2D eigenvalue weighted by Gasteiger charge is 2.44. The Morgan fingerprint density at radius 1 is 1.23 bits per heavy atom. The van der Waals surface area contributed by atoms with E-state index in [1.54, 1.807) is 30.5 Å². The van der Waals surface area contributed by atoms with E-state index in [0.29, 0.717) is 17.3 Å². The Kier molecular flexibility index (Phi) is 7.43. The molecule has 0 bridgehead atoms. The second kappa shape index (κ2) is 9.70. The molecule has 2 heterocycles. The van der Waals surface area contributed by atoms with Gasteiger partial charge in [0.15, 0.2) is 0 Å². The maximum Gasteiger partial charge on any atom is 0.466 e. The molecule has 0 radical (unpaired) electrons. The van der Waals surface area contributed by atoms with Crippen LogP contribution in [0.25, 0.3) is 10.9 Å². The number of benzene rings is 1. The van der Waals surface area contributed by atoms with Crippen LogP contribution in [0.4, 0.5) is 0 Å². The first kappa shape index (κ1) is 23.7. The smallest absolute Gasteiger partial charge is 0.417 e. The molecule has 1 aliphatic rings. The van der Waals surface area contributed by atoms with Gasteiger partial charge in [-0.05, 0) is 11.6 Å². The molecule has 1 aromatic heterocycles. The van der Waals surface area contributed by atoms with E-state index in [0.717, 1.165) is 10.9 Å². The number of oxime groups is 1. The maximum atomic E-state index is 11.0. The van der Waals surface area contributed by atoms with Gasteiger partial charge < -0.3 is 30.0 Å². The number of hydrogen-bond donors (Lipinski definition) is 5. The third-order valence-electron chi connectivity index (χ3n) is 4.63. The van der Waals surface area contributed by atoms with Crippen LogP contribution < -0.4 is 4.84 Å². The minimum Gasteiger partial charge on any atom is -0.417 e. The number of para-hydroxylation sites is 1. The Bertz CT molecular complexity index is 1040. The average Bonchev–Trinajstić information content (AvgIpc) is 3.09. The van der Waals surface area contributed by atoms with Gasteiger partial charge in [0, 0.05) is 18.0 Å². The summed E-state index contributed by atoms with van der Waals surface area (Å²) < 4.78 is 42.0. The zero-order chi connectivity index (χ0) is 22.8. The van der Waals surface area contributed by atoms with Crippen LogP contribution in [0.5, 0.6) is 0 Å². The monoisotopic (exact) mass is 478 g/mol. The summed E-state index contributed by atoms with van der Waals surface area (Å²) in [5.74, 6) is 0. The van der Waals surface area contributed by atoms with Crippen molar-refractivity contribution in [2.24, 2.45) is 5.16 Å². The van der Waals surface area contributed by atoms with E-state index in [1.165, 1.54) is 11.8 Å². The van der Waals surface area contributed by atoms with Crippen LogP contribution in [-0.4, -0.2) is 86.7 Å². The Morgan fingerprint density at radius 2 is 1.94 bits per heavy atom. The molecule has 1 aliphatic heterocycles. The molecule has 172 valence electrons. The van der Waals surface area contributed by atoms with Gasteiger partial charge in [-0.2, -0.15) is 13.1 Å². The fourth-order valence-electron chi connectivity index (χ4n) is 3.16. The van der Waals surface area contributed by atoms with Gasteiger partial charge in [-0.25, -0.2) is 4.28 Å². The van der Waals surface area contributed by atoms with Crippen LogP contribution in [-0.2, 0) is 25.8 Å². The van der Waals surface area contributed by atoms with Crippen molar-refractivity contribution in [1.82, 2.24) is 4.73 Å². The van der Waals surface area contributed by atoms with E-state index in [9.17, 15) is 28.8 Å². The molecule has 0 spiro atoms. The van der Waals surface area contributed by atoms with Crippen molar-refractivity contribution in [2.45, 2.75) is 36.3 Å². The van der Waals surface area contributed by atoms with Crippen molar-refractivity contribution < 1.29 is 47.3 Å². The molecule has 0 saturated carbocycles. The Balaban J connectivity index is 1.91. The summed E-state index contributed by atoms with van der Waals surface area (Å²) in [7, 11) is -3.44. The number of rotatable bonds is 7. The van der Waals surface area contributed by atoms with E-state index in [2.05, 4.69) is 9.44 Å². The third-order valence-corrected chi connectivity index (χ3v) is 6.01. The molecule has 1 fully saturated rings. The van der Waals surface area contributed by atoms with Crippen LogP contribution in [0.2, 0.25) is 0 Å². The molecule has 5 atom stereocenters. The van der Waals surface area contributed by atoms with Gasteiger partial charge in [-0.15, -0.1) is 0 Å². The summed E-state index contributed by atoms with van der Waals surface area (Å²) in [6, 6.07) is 7.21. The predicted octanol–water partition coefficient (Wildman–Crippen LogP) is -1.09. The van der Waals surface area contributed by atoms with E-state index in [1.807, 2.05) is 0 Å². The highest BCUT2D eigenvalue weighted by atomic mass is 32.3. The number of nitrogens with zero attached hydrogens (tertiary/aromatic N) is 2. The van der Waals surface area contributed by atoms with Crippen LogP contribution in [0, 0.1) is 0 Å². The summed E-state index contributed by atoms with van der Waals surface area (Å²) in [5.41, 5.74) is 0.148. The van der Waals surface area contributed by atoms with Crippen molar-refractivity contribution >= 4 is 38.1 Å². The standard InChI is InChI=1S/C17H22N2O10S2/c1-27-19-7-9(10-4-2-3-5-11(10)19)6-13(18-29-31(24,25)26)30-17-16(23)15(22)14(21)12(8-20)28-17/h2-5,7,12,14-17,20-23H,6,8H2,1H3,(H,24,25,26)/b18-13-. The molecule has 31 heavy (non-hydrogen) atoms. The fraction of sp³-hybridized carbons (Fsp3) is 0.471. The fourth-order valence-corrected chi connectivity index (χ4v) is 4.47. The van der Waals surface area contributed by atoms with Crippen LogP contribution in [0.1, 0.15) is 5.56 Å². The lowest BCUT2D eigenvalue weighted by Crippen LogP contribution is -2.57. The lowest BCUT2D eigenvalue weighted by molar-refractivity contribution is -0.205. The van der Waals surface area contributed by atoms with E-state index in [-0.39, 0.29) is 11.5 Å². The van der Waals surface area contributed by atoms with Crippen LogP contribution in [0.3, 0.4) is 0 Å². The Labute approximate surface area is 181 Å². The van der Waals surface area contributed by atoms with Crippen molar-refractivity contribution in [3.8, 4) is 0 Å². The number of hydrogen-bond acceptors (Lipinski definition) is 11. The first-order valence-corrected chi connectivity index (χ1v) is 11.2. The zero-order valence-electron chi connectivity index (χ0n) is 16.2. The molecule has 5 unspecified atom stereocenters. The SMILES string of the molecule is COn1cc(C/C(=N/OS(=O)(=O)O)SC2OC(CO)C(O)C(O)C2O)c2ccccc21. The van der Waals surface area contributed by atoms with Crippen molar-refractivity contribution in [1.29, 1.82) is 0 Å². The molecule has 1 aromatic carbocycles. The highest BCUT2D eigenvalue weighted by molar-refractivity contribution is 8.14. The molecule has 0 amide bonds. The molecule has 5 N–H and O–H groups in total. The van der Waals surface area contributed by atoms with Gasteiger partial charge >= 0.3 is 10.4 Å². The average molecular weight is 479 g/mol. The second-order valence-corrected chi connectivity index (χ2v) is 8.84. The van der Waals surface area contributed by atoms with Gasteiger partial charge in [0.2, 0.25) is 0 Å². The summed E-state index contributed by atoms with van der Waals surface area (Å²) in [6.45, 7) is -0.628. The second-order valence-electron chi connectivity index (χ2n) is 6.66. The van der Waals surface area contributed by atoms with Crippen molar-refractivity contribution in [3.05, 3.63) is 36.0 Å². The van der Waals surface area contributed by atoms with E-state index < -0.39 is 46.9 Å². The maximum absolute atomic E-state index is 11.0. The van der Waals surface area contributed by atoms with Gasteiger partial charge in [0.1, 0.15) is 42.0 Å². The predicted molar refractivity (Wildman–Crippen MR) is 110 cm³/mol. The normalized spacial score (nSPS) is 27.4. The van der Waals surface area contributed by atoms with Gasteiger partial charge in [0.25, 0.3) is 0 Å². The summed E-state index contributed by atoms with van der Waals surface area (Å²) >= 11 is 0.705. The summed E-state index contributed by atoms with van der Waals surface area (Å²) in [5, 5.41) is 43.7.